The van der Waals surface area contributed by atoms with Gasteiger partial charge in [-0.25, -0.2) is 0 Å². The van der Waals surface area contributed by atoms with Crippen molar-refractivity contribution in [2.45, 2.75) is 37.8 Å². The Balaban J connectivity index is 1.45. The summed E-state index contributed by atoms with van der Waals surface area (Å²) in [6, 6.07) is 10.7. The first-order valence-corrected chi connectivity index (χ1v) is 10.9. The first-order valence-electron chi connectivity index (χ1n) is 9.92. The van der Waals surface area contributed by atoms with E-state index < -0.39 is 11.7 Å². The van der Waals surface area contributed by atoms with E-state index in [1.807, 2.05) is 0 Å². The molecule has 0 saturated heterocycles. The van der Waals surface area contributed by atoms with Crippen LogP contribution in [0.4, 0.5) is 13.2 Å². The zero-order valence-electron chi connectivity index (χ0n) is 17.1. The van der Waals surface area contributed by atoms with Crippen molar-refractivity contribution in [2.75, 3.05) is 5.75 Å². The van der Waals surface area contributed by atoms with Crippen LogP contribution in [0.5, 0.6) is 5.88 Å². The van der Waals surface area contributed by atoms with Crippen LogP contribution in [-0.4, -0.2) is 21.1 Å². The number of halogens is 3. The van der Waals surface area contributed by atoms with Crippen molar-refractivity contribution in [2.24, 2.45) is 0 Å². The Morgan fingerprint density at radius 2 is 1.72 bits per heavy atom. The van der Waals surface area contributed by atoms with E-state index in [-0.39, 0.29) is 23.5 Å². The van der Waals surface area contributed by atoms with E-state index in [9.17, 15) is 22.8 Å². The van der Waals surface area contributed by atoms with Crippen molar-refractivity contribution >= 4 is 17.5 Å². The molecule has 0 atom stereocenters. The lowest BCUT2D eigenvalue weighted by Gasteiger charge is -2.18. The van der Waals surface area contributed by atoms with Crippen molar-refractivity contribution in [1.82, 2.24) is 9.55 Å². The third-order valence-corrected chi connectivity index (χ3v) is 6.20. The Kier molecular flexibility index (Phi) is 6.10. The number of benzene rings is 2. The Hall–Kier alpha value is -3.07. The van der Waals surface area contributed by atoms with E-state index in [2.05, 4.69) is 4.98 Å². The molecular weight excluding hydrogens is 441 g/mol. The molecular formula is C23H19F3N2O3S. The summed E-state index contributed by atoms with van der Waals surface area (Å²) in [5, 5.41) is 0.652. The molecule has 2 aromatic carbocycles. The number of ether oxygens (including phenoxy) is 1. The number of fused-ring (bicyclic) bond motifs is 1. The maximum Gasteiger partial charge on any atom is 0.416 e. The van der Waals surface area contributed by atoms with Crippen LogP contribution >= 0.6 is 11.8 Å². The lowest BCUT2D eigenvalue weighted by Crippen LogP contribution is -2.28. The minimum atomic E-state index is -4.45. The molecule has 0 aliphatic carbocycles. The smallest absolute Gasteiger partial charge is 0.416 e. The second-order valence-electron chi connectivity index (χ2n) is 7.37. The first-order chi connectivity index (χ1) is 15.2. The summed E-state index contributed by atoms with van der Waals surface area (Å²) < 4.78 is 45.5. The van der Waals surface area contributed by atoms with Crippen molar-refractivity contribution in [3.8, 4) is 5.88 Å². The summed E-state index contributed by atoms with van der Waals surface area (Å²) in [6.45, 7) is 2.50. The van der Waals surface area contributed by atoms with E-state index in [0.29, 0.717) is 28.7 Å². The van der Waals surface area contributed by atoms with E-state index in [1.165, 1.54) is 23.9 Å². The topological polar surface area (TPSA) is 61.2 Å². The molecule has 32 heavy (non-hydrogen) atoms. The van der Waals surface area contributed by atoms with Crippen LogP contribution in [0.3, 0.4) is 0 Å². The molecule has 1 aliphatic heterocycles. The Labute approximate surface area is 186 Å². The highest BCUT2D eigenvalue weighted by atomic mass is 32.2. The third kappa shape index (κ3) is 4.57. The SMILES string of the molecule is Cc1c(OCc2ccc(C(=O)c3ccc(C(F)(F)F)cc3)cc2)nc2n(c1=O)CCCS2. The predicted molar refractivity (Wildman–Crippen MR) is 114 cm³/mol. The number of rotatable bonds is 5. The minimum Gasteiger partial charge on any atom is -0.472 e. The number of ketones is 1. The van der Waals surface area contributed by atoms with Crippen LogP contribution in [0, 0.1) is 6.92 Å². The molecule has 4 rings (SSSR count). The van der Waals surface area contributed by atoms with Gasteiger partial charge < -0.3 is 4.74 Å². The highest BCUT2D eigenvalue weighted by Crippen LogP contribution is 2.29. The molecule has 166 valence electrons. The molecule has 0 unspecified atom stereocenters. The zero-order valence-corrected chi connectivity index (χ0v) is 17.9. The molecule has 1 aliphatic rings. The van der Waals surface area contributed by atoms with Gasteiger partial charge in [-0.15, -0.1) is 0 Å². The number of carbonyl (C=O) groups excluding carboxylic acids is 1. The Morgan fingerprint density at radius 3 is 2.34 bits per heavy atom. The van der Waals surface area contributed by atoms with E-state index in [0.717, 1.165) is 29.9 Å². The molecule has 0 bridgehead atoms. The van der Waals surface area contributed by atoms with Gasteiger partial charge in [-0.1, -0.05) is 48.2 Å². The minimum absolute atomic E-state index is 0.102. The van der Waals surface area contributed by atoms with Crippen molar-refractivity contribution in [3.63, 3.8) is 0 Å². The van der Waals surface area contributed by atoms with Gasteiger partial charge in [0.15, 0.2) is 10.9 Å². The van der Waals surface area contributed by atoms with Crippen LogP contribution in [0.2, 0.25) is 0 Å². The van der Waals surface area contributed by atoms with Gasteiger partial charge in [0.1, 0.15) is 6.61 Å². The number of hydrogen-bond donors (Lipinski definition) is 0. The van der Waals surface area contributed by atoms with Crippen LogP contribution < -0.4 is 10.3 Å². The summed E-state index contributed by atoms with van der Waals surface area (Å²) in [7, 11) is 0. The lowest BCUT2D eigenvalue weighted by atomic mass is 10.0. The van der Waals surface area contributed by atoms with Crippen molar-refractivity contribution < 1.29 is 22.7 Å². The van der Waals surface area contributed by atoms with E-state index >= 15 is 0 Å². The molecule has 0 N–H and O–H groups in total. The molecule has 2 heterocycles. The average molecular weight is 460 g/mol. The second kappa shape index (κ2) is 8.82. The molecule has 0 saturated carbocycles. The number of alkyl halides is 3. The standard InChI is InChI=1S/C23H19F3N2O3S/c1-14-20(27-22-28(21(14)30)11-2-12-32-22)31-13-15-3-5-16(6-4-15)19(29)17-7-9-18(10-8-17)23(24,25)26/h3-10H,2,11-13H2,1H3. The van der Waals surface area contributed by atoms with Crippen LogP contribution in [-0.2, 0) is 19.3 Å². The van der Waals surface area contributed by atoms with Gasteiger partial charge >= 0.3 is 6.18 Å². The van der Waals surface area contributed by atoms with Gasteiger partial charge in [0.05, 0.1) is 11.1 Å². The fourth-order valence-electron chi connectivity index (χ4n) is 3.33. The monoisotopic (exact) mass is 460 g/mol. The quantitative estimate of drug-likeness (QED) is 0.401. The van der Waals surface area contributed by atoms with E-state index in [1.54, 1.807) is 35.8 Å². The van der Waals surface area contributed by atoms with Crippen LogP contribution in [0.1, 0.15) is 39.0 Å². The summed E-state index contributed by atoms with van der Waals surface area (Å²) in [6.07, 6.45) is -3.52. The number of thioether (sulfide) groups is 1. The van der Waals surface area contributed by atoms with Crippen LogP contribution in [0.25, 0.3) is 0 Å². The largest absolute Gasteiger partial charge is 0.472 e. The highest BCUT2D eigenvalue weighted by Gasteiger charge is 2.30. The number of carbonyl (C=O) groups is 1. The maximum absolute atomic E-state index is 12.7. The molecule has 9 heteroatoms. The van der Waals surface area contributed by atoms with Gasteiger partial charge in [0.2, 0.25) is 5.88 Å². The van der Waals surface area contributed by atoms with Gasteiger partial charge in [0, 0.05) is 23.4 Å². The number of hydrogen-bond acceptors (Lipinski definition) is 5. The number of nitrogens with zero attached hydrogens (tertiary/aromatic N) is 2. The molecule has 0 spiro atoms. The van der Waals surface area contributed by atoms with Crippen molar-refractivity contribution in [3.05, 3.63) is 86.7 Å². The van der Waals surface area contributed by atoms with Gasteiger partial charge in [-0.3, -0.25) is 14.2 Å². The lowest BCUT2D eigenvalue weighted by molar-refractivity contribution is -0.137. The van der Waals surface area contributed by atoms with Gasteiger partial charge in [0.25, 0.3) is 5.56 Å². The highest BCUT2D eigenvalue weighted by molar-refractivity contribution is 7.99. The summed E-state index contributed by atoms with van der Waals surface area (Å²) in [4.78, 5) is 29.5. The molecule has 0 radical (unpaired) electrons. The normalized spacial score (nSPS) is 13.5. The molecule has 0 fully saturated rings. The zero-order chi connectivity index (χ0) is 22.9. The summed E-state index contributed by atoms with van der Waals surface area (Å²) >= 11 is 1.52. The first kappa shape index (κ1) is 22.1. The van der Waals surface area contributed by atoms with Crippen LogP contribution in [0.15, 0.2) is 58.5 Å². The molecule has 3 aromatic rings. The third-order valence-electron chi connectivity index (χ3n) is 5.14. The second-order valence-corrected chi connectivity index (χ2v) is 8.44. The van der Waals surface area contributed by atoms with E-state index in [4.69, 9.17) is 4.74 Å². The molecule has 1 aromatic heterocycles. The van der Waals surface area contributed by atoms with Gasteiger partial charge in [-0.05, 0) is 31.0 Å². The number of aromatic nitrogens is 2. The molecule has 0 amide bonds. The van der Waals surface area contributed by atoms with Crippen molar-refractivity contribution in [1.29, 1.82) is 0 Å². The summed E-state index contributed by atoms with van der Waals surface area (Å²) in [5.74, 6) is 0.826. The van der Waals surface area contributed by atoms with Gasteiger partial charge in [-0.2, -0.15) is 18.2 Å². The molecule has 5 nitrogen and oxygen atoms in total. The Bertz CT molecular complexity index is 1200. The predicted octanol–water partition coefficient (Wildman–Crippen LogP) is 4.88. The Morgan fingerprint density at radius 1 is 1.09 bits per heavy atom. The maximum atomic E-state index is 12.7. The fourth-order valence-corrected chi connectivity index (χ4v) is 4.26. The fraction of sp³-hybridized carbons (Fsp3) is 0.261. The summed E-state index contributed by atoms with van der Waals surface area (Å²) in [5.41, 5.74) is 0.839. The average Bonchev–Trinajstić information content (AvgIpc) is 2.80.